The van der Waals surface area contributed by atoms with Gasteiger partial charge < -0.3 is 15.2 Å². The third-order valence-corrected chi connectivity index (χ3v) is 9.42. The summed E-state index contributed by atoms with van der Waals surface area (Å²) in [6.07, 6.45) is 4.58. The van der Waals surface area contributed by atoms with Gasteiger partial charge in [0, 0.05) is 40.4 Å². The molecule has 1 atom stereocenters. The fraction of sp³-hybridized carbons (Fsp3) is 0.462. The molecule has 2 aromatic rings. The molecule has 1 saturated carbocycles. The first kappa shape index (κ1) is 30.1. The highest BCUT2D eigenvalue weighted by molar-refractivity contribution is 7.88. The number of hydrogen-bond acceptors (Lipinski definition) is 9. The van der Waals surface area contributed by atoms with E-state index in [2.05, 4.69) is 15.3 Å². The van der Waals surface area contributed by atoms with E-state index < -0.39 is 33.8 Å². The zero-order chi connectivity index (χ0) is 29.0. The molecule has 0 amide bonds. The Morgan fingerprint density at radius 1 is 1.27 bits per heavy atom. The van der Waals surface area contributed by atoms with Crippen LogP contribution in [0.2, 0.25) is 5.02 Å². The number of benzene rings is 1. The smallest absolute Gasteiger partial charge is 0.335 e. The predicted molar refractivity (Wildman–Crippen MR) is 149 cm³/mol. The molecule has 1 aromatic carbocycles. The molecule has 4 rings (SSSR count). The second kappa shape index (κ2) is 12.8. The Balaban J connectivity index is 1.64. The van der Waals surface area contributed by atoms with Crippen LogP contribution in [0.5, 0.6) is 0 Å². The van der Waals surface area contributed by atoms with Gasteiger partial charge in [0.05, 0.1) is 24.9 Å². The predicted octanol–water partition coefficient (Wildman–Crippen LogP) is 4.14. The monoisotopic (exact) mass is 612 g/mol. The van der Waals surface area contributed by atoms with E-state index >= 15 is 0 Å². The fourth-order valence-corrected chi connectivity index (χ4v) is 7.26. The van der Waals surface area contributed by atoms with E-state index in [0.717, 1.165) is 12.3 Å². The van der Waals surface area contributed by atoms with E-state index in [1.54, 1.807) is 18.5 Å². The quantitative estimate of drug-likeness (QED) is 0.382. The minimum absolute atomic E-state index is 0.000422. The second-order valence-corrected chi connectivity index (χ2v) is 12.8. The zero-order valence-electron chi connectivity index (χ0n) is 22.0. The number of thiazole rings is 1. The summed E-state index contributed by atoms with van der Waals surface area (Å²) in [6.45, 7) is 1.92. The maximum atomic E-state index is 13.8. The van der Waals surface area contributed by atoms with Crippen molar-refractivity contribution in [2.75, 3.05) is 19.4 Å². The summed E-state index contributed by atoms with van der Waals surface area (Å²) in [4.78, 5) is 33.5. The minimum atomic E-state index is -3.60. The number of amidine groups is 1. The molecular weight excluding hydrogens is 583 g/mol. The molecule has 10 nitrogen and oxygen atoms in total. The normalized spacial score (nSPS) is 21.6. The van der Waals surface area contributed by atoms with Crippen LogP contribution in [0.3, 0.4) is 0 Å². The lowest BCUT2D eigenvalue weighted by Crippen LogP contribution is -2.44. The molecule has 1 aromatic heterocycles. The Labute approximate surface area is 241 Å². The Kier molecular flexibility index (Phi) is 9.60. The summed E-state index contributed by atoms with van der Waals surface area (Å²) in [5.74, 6) is -2.07. The molecule has 1 unspecified atom stereocenters. The van der Waals surface area contributed by atoms with Gasteiger partial charge in [0.15, 0.2) is 10.8 Å². The summed E-state index contributed by atoms with van der Waals surface area (Å²) in [5, 5.41) is 15.9. The van der Waals surface area contributed by atoms with Gasteiger partial charge in [0.1, 0.15) is 11.9 Å². The number of nitrogens with zero attached hydrogens (tertiary/aromatic N) is 3. The van der Waals surface area contributed by atoms with Gasteiger partial charge in [-0.25, -0.2) is 22.6 Å². The van der Waals surface area contributed by atoms with Crippen LogP contribution in [0, 0.1) is 11.7 Å². The van der Waals surface area contributed by atoms with Crippen LogP contribution in [-0.4, -0.2) is 66.0 Å². The maximum Gasteiger partial charge on any atom is 0.335 e. The van der Waals surface area contributed by atoms with Crippen molar-refractivity contribution in [2.24, 2.45) is 10.9 Å². The summed E-state index contributed by atoms with van der Waals surface area (Å²) in [7, 11) is -3.60. The summed E-state index contributed by atoms with van der Waals surface area (Å²) in [5.41, 5.74) is 0.804. The van der Waals surface area contributed by atoms with Crippen molar-refractivity contribution in [3.63, 3.8) is 0 Å². The Morgan fingerprint density at radius 2 is 2.00 bits per heavy atom. The number of hydrogen-bond donors (Lipinski definition) is 2. The van der Waals surface area contributed by atoms with Gasteiger partial charge in [0.2, 0.25) is 10.0 Å². The number of carbonyl (C=O) groups excluding carboxylic acids is 1. The lowest BCUT2D eigenvalue weighted by molar-refractivity contribution is -0.143. The van der Waals surface area contributed by atoms with Gasteiger partial charge in [-0.2, -0.15) is 4.31 Å². The number of ether oxygens (including phenoxy) is 1. The fourth-order valence-electron chi connectivity index (χ4n) is 5.23. The first-order chi connectivity index (χ1) is 19.0. The maximum absolute atomic E-state index is 13.8. The van der Waals surface area contributed by atoms with Crippen molar-refractivity contribution >= 4 is 50.7 Å². The number of allylic oxidation sites excluding steroid dienone is 1. The Hall–Kier alpha value is -2.87. The lowest BCUT2D eigenvalue weighted by atomic mass is 9.80. The molecule has 1 fully saturated rings. The molecule has 14 heteroatoms. The zero-order valence-corrected chi connectivity index (χ0v) is 24.4. The first-order valence-corrected chi connectivity index (χ1v) is 15.9. The van der Waals surface area contributed by atoms with Crippen molar-refractivity contribution in [2.45, 2.75) is 51.1 Å². The average molecular weight is 613 g/mol. The second-order valence-electron chi connectivity index (χ2n) is 9.58. The van der Waals surface area contributed by atoms with Crippen LogP contribution < -0.4 is 5.32 Å². The van der Waals surface area contributed by atoms with Crippen LogP contribution in [0.1, 0.15) is 55.6 Å². The number of aromatic nitrogens is 1. The van der Waals surface area contributed by atoms with E-state index in [4.69, 9.17) is 16.3 Å². The molecule has 1 aliphatic heterocycles. The van der Waals surface area contributed by atoms with Gasteiger partial charge >= 0.3 is 11.9 Å². The molecule has 0 spiro atoms. The number of aliphatic imine (C=N–C) groups is 1. The average Bonchev–Trinajstić information content (AvgIpc) is 3.43. The van der Waals surface area contributed by atoms with Gasteiger partial charge in [-0.3, -0.25) is 9.79 Å². The number of carboxylic acid groups (broad SMARTS) is 1. The van der Waals surface area contributed by atoms with Crippen molar-refractivity contribution in [1.82, 2.24) is 14.6 Å². The summed E-state index contributed by atoms with van der Waals surface area (Å²) >= 11 is 7.69. The highest BCUT2D eigenvalue weighted by Gasteiger charge is 2.39. The minimum Gasteiger partial charge on any atom is -0.478 e. The van der Waals surface area contributed by atoms with E-state index in [1.807, 2.05) is 0 Å². The molecular formula is C26H30ClFN4O6S2. The third-order valence-electron chi connectivity index (χ3n) is 6.98. The molecule has 40 heavy (non-hydrogen) atoms. The van der Waals surface area contributed by atoms with Gasteiger partial charge in [0.25, 0.3) is 0 Å². The van der Waals surface area contributed by atoms with Crippen LogP contribution in [0.15, 0.2) is 46.0 Å². The number of carboxylic acids is 1. The molecule has 1 aliphatic carbocycles. The molecule has 2 N–H and O–H groups in total. The number of carbonyl (C=O) groups is 2. The van der Waals surface area contributed by atoms with Crippen LogP contribution in [0.4, 0.5) is 4.39 Å². The van der Waals surface area contributed by atoms with E-state index in [-0.39, 0.29) is 42.1 Å². The Bertz CT molecular complexity index is 1420. The molecule has 0 bridgehead atoms. The van der Waals surface area contributed by atoms with Crippen molar-refractivity contribution < 1.29 is 32.2 Å². The number of sulfonamides is 1. The van der Waals surface area contributed by atoms with Crippen molar-refractivity contribution in [3.8, 4) is 0 Å². The lowest BCUT2D eigenvalue weighted by Gasteiger charge is -2.38. The van der Waals surface area contributed by atoms with Gasteiger partial charge in [-0.05, 0) is 50.7 Å². The number of aliphatic carboxylic acids is 1. The molecule has 0 radical (unpaired) electrons. The van der Waals surface area contributed by atoms with E-state index in [0.29, 0.717) is 47.8 Å². The molecule has 2 heterocycles. The Morgan fingerprint density at radius 3 is 2.58 bits per heavy atom. The van der Waals surface area contributed by atoms with Crippen LogP contribution in [-0.2, 0) is 24.3 Å². The topological polar surface area (TPSA) is 138 Å². The summed E-state index contributed by atoms with van der Waals surface area (Å²) in [6, 6.07) is 2.42. The third kappa shape index (κ3) is 6.88. The van der Waals surface area contributed by atoms with Crippen LogP contribution in [0.25, 0.3) is 0 Å². The molecule has 216 valence electrons. The number of esters is 1. The standard InChI is InChI=1S/C26H30ClFN4O6S2/c1-3-38-20(33)10-12-32(40(2,36)37)17-7-4-15(5-8-17)22-21(26(34)35)23(18-9-6-16(28)14-19(18)27)31-24(30-22)25-29-11-13-39-25/h6,9,11,13-15,17,23H,3-5,7-8,10,12H2,1-2H3,(H,30,31)(H,34,35). The van der Waals surface area contributed by atoms with Crippen molar-refractivity contribution in [1.29, 1.82) is 0 Å². The number of nitrogens with one attached hydrogen (secondary N) is 1. The highest BCUT2D eigenvalue weighted by atomic mass is 35.5. The molecule has 0 saturated heterocycles. The highest BCUT2D eigenvalue weighted by Crippen LogP contribution is 2.41. The molecule has 2 aliphatic rings. The largest absolute Gasteiger partial charge is 0.478 e. The SMILES string of the molecule is CCOC(=O)CCN(C1CCC(C2=C(C(=O)O)C(c3ccc(F)cc3Cl)N=C(c3nccs3)N2)CC1)S(C)(=O)=O. The summed E-state index contributed by atoms with van der Waals surface area (Å²) < 4.78 is 45.2. The number of halogens is 2. The van der Waals surface area contributed by atoms with Crippen molar-refractivity contribution in [3.05, 3.63) is 62.5 Å². The first-order valence-electron chi connectivity index (χ1n) is 12.8. The van der Waals surface area contributed by atoms with E-state index in [1.165, 1.54) is 27.8 Å². The van der Waals surface area contributed by atoms with Gasteiger partial charge in [-0.15, -0.1) is 11.3 Å². The van der Waals surface area contributed by atoms with Gasteiger partial charge in [-0.1, -0.05) is 17.7 Å². The van der Waals surface area contributed by atoms with E-state index in [9.17, 15) is 27.5 Å². The number of rotatable bonds is 10. The van der Waals surface area contributed by atoms with Crippen LogP contribution >= 0.6 is 22.9 Å².